The van der Waals surface area contributed by atoms with Gasteiger partial charge in [-0.15, -0.1) is 0 Å². The number of thioether (sulfide) groups is 1. The first kappa shape index (κ1) is 14.0. The van der Waals surface area contributed by atoms with E-state index in [-0.39, 0.29) is 0 Å². The highest BCUT2D eigenvalue weighted by molar-refractivity contribution is 8.13. The summed E-state index contributed by atoms with van der Waals surface area (Å²) in [6.45, 7) is 3.03. The van der Waals surface area contributed by atoms with Crippen LogP contribution in [0, 0.1) is 5.92 Å². The van der Waals surface area contributed by atoms with Crippen LogP contribution >= 0.6 is 11.8 Å². The highest BCUT2D eigenvalue weighted by Crippen LogP contribution is 2.31. The Labute approximate surface area is 126 Å². The number of amidine groups is 1. The van der Waals surface area contributed by atoms with E-state index in [9.17, 15) is 0 Å². The molecule has 0 spiro atoms. The Bertz CT molecular complexity index is 484. The molecule has 1 aromatic carbocycles. The molecule has 20 heavy (non-hydrogen) atoms. The molecule has 108 valence electrons. The van der Waals surface area contributed by atoms with Gasteiger partial charge in [-0.3, -0.25) is 4.99 Å². The van der Waals surface area contributed by atoms with Gasteiger partial charge in [0.05, 0.1) is 6.54 Å². The lowest BCUT2D eigenvalue weighted by molar-refractivity contribution is 0.311. The highest BCUT2D eigenvalue weighted by Gasteiger charge is 2.30. The van der Waals surface area contributed by atoms with Crippen molar-refractivity contribution in [3.8, 4) is 0 Å². The second-order valence-corrected chi connectivity index (χ2v) is 6.86. The van der Waals surface area contributed by atoms with Crippen LogP contribution in [0.5, 0.6) is 0 Å². The molecule has 1 saturated carbocycles. The van der Waals surface area contributed by atoms with Crippen molar-refractivity contribution in [3.63, 3.8) is 0 Å². The van der Waals surface area contributed by atoms with E-state index in [4.69, 9.17) is 4.99 Å². The number of fused-ring (bicyclic) bond motifs is 1. The van der Waals surface area contributed by atoms with Crippen LogP contribution in [-0.2, 0) is 13.0 Å². The van der Waals surface area contributed by atoms with E-state index < -0.39 is 0 Å². The minimum atomic E-state index is 0.685. The lowest BCUT2D eigenvalue weighted by Crippen LogP contribution is -2.46. The first-order chi connectivity index (χ1) is 9.86. The maximum Gasteiger partial charge on any atom is 0.157 e. The number of nitrogens with one attached hydrogen (secondary N) is 1. The Balaban J connectivity index is 1.64. The Hall–Kier alpha value is -0.960. The molecule has 1 heterocycles. The van der Waals surface area contributed by atoms with Crippen molar-refractivity contribution in [1.29, 1.82) is 0 Å². The first-order valence-electron chi connectivity index (χ1n) is 7.87. The molecular weight excluding hydrogens is 264 g/mol. The summed E-state index contributed by atoms with van der Waals surface area (Å²) >= 11 is 1.92. The zero-order valence-corrected chi connectivity index (χ0v) is 13.1. The van der Waals surface area contributed by atoms with Crippen molar-refractivity contribution >= 4 is 16.9 Å². The van der Waals surface area contributed by atoms with Crippen LogP contribution in [-0.4, -0.2) is 17.0 Å². The quantitative estimate of drug-likeness (QED) is 0.909. The van der Waals surface area contributed by atoms with Crippen LogP contribution in [0.1, 0.15) is 43.7 Å². The number of nitrogens with zero attached hydrogens (tertiary/aromatic N) is 1. The third-order valence-corrected chi connectivity index (χ3v) is 5.66. The smallest absolute Gasteiger partial charge is 0.157 e. The normalized spacial score (nSPS) is 27.9. The van der Waals surface area contributed by atoms with Gasteiger partial charge in [0, 0.05) is 11.8 Å². The lowest BCUT2D eigenvalue weighted by Gasteiger charge is -2.36. The summed E-state index contributed by atoms with van der Waals surface area (Å²) in [5.74, 6) is 2.13. The molecule has 3 rings (SSSR count). The molecule has 0 bridgehead atoms. The van der Waals surface area contributed by atoms with E-state index in [1.165, 1.54) is 47.7 Å². The van der Waals surface area contributed by atoms with Gasteiger partial charge in [0.1, 0.15) is 0 Å². The summed E-state index contributed by atoms with van der Waals surface area (Å²) in [5.41, 5.74) is 2.80. The molecule has 1 aliphatic carbocycles. The van der Waals surface area contributed by atoms with Gasteiger partial charge >= 0.3 is 0 Å². The fourth-order valence-electron chi connectivity index (χ4n) is 3.29. The maximum atomic E-state index is 4.82. The van der Waals surface area contributed by atoms with Gasteiger partial charge in [0.25, 0.3) is 0 Å². The molecule has 0 radical (unpaired) electrons. The van der Waals surface area contributed by atoms with E-state index in [2.05, 4.69) is 36.5 Å². The van der Waals surface area contributed by atoms with E-state index in [0.29, 0.717) is 6.04 Å². The average molecular weight is 288 g/mol. The van der Waals surface area contributed by atoms with Crippen LogP contribution in [0.4, 0.5) is 0 Å². The summed E-state index contributed by atoms with van der Waals surface area (Å²) in [7, 11) is 0. The molecule has 0 amide bonds. The molecule has 2 fully saturated rings. The van der Waals surface area contributed by atoms with Gasteiger partial charge < -0.3 is 5.32 Å². The molecule has 1 saturated heterocycles. The van der Waals surface area contributed by atoms with Crippen molar-refractivity contribution in [2.24, 2.45) is 10.9 Å². The standard InChI is InChI=1S/C17H24N2S/c1-2-13-7-3-4-8-14(13)11-18-17-19-16-10-6-5-9-15(16)12-20-17/h3-4,7-8,15-16H,2,5-6,9-12H2,1H3,(H,18,19). The molecule has 3 heteroatoms. The second kappa shape index (κ2) is 6.66. The van der Waals surface area contributed by atoms with Crippen LogP contribution in [0.15, 0.2) is 29.3 Å². The first-order valence-corrected chi connectivity index (χ1v) is 8.86. The number of benzene rings is 1. The molecular formula is C17H24N2S. The van der Waals surface area contributed by atoms with E-state index in [1.54, 1.807) is 0 Å². The highest BCUT2D eigenvalue weighted by atomic mass is 32.2. The van der Waals surface area contributed by atoms with Gasteiger partial charge in [-0.05, 0) is 36.3 Å². The van der Waals surface area contributed by atoms with E-state index in [0.717, 1.165) is 18.9 Å². The van der Waals surface area contributed by atoms with Crippen molar-refractivity contribution in [1.82, 2.24) is 5.32 Å². The second-order valence-electron chi connectivity index (χ2n) is 5.85. The number of hydrogen-bond acceptors (Lipinski definition) is 2. The third kappa shape index (κ3) is 3.20. The van der Waals surface area contributed by atoms with Gasteiger partial charge in [-0.1, -0.05) is 55.8 Å². The molecule has 0 aromatic heterocycles. The molecule has 2 nitrogen and oxygen atoms in total. The number of aliphatic imine (C=N–C) groups is 1. The van der Waals surface area contributed by atoms with Crippen LogP contribution in [0.2, 0.25) is 0 Å². The zero-order chi connectivity index (χ0) is 13.8. The minimum absolute atomic E-state index is 0.685. The fraction of sp³-hybridized carbons (Fsp3) is 0.588. The maximum absolute atomic E-state index is 4.82. The lowest BCUT2D eigenvalue weighted by atomic mass is 9.86. The van der Waals surface area contributed by atoms with Crippen LogP contribution < -0.4 is 5.32 Å². The number of rotatable bonds is 3. The summed E-state index contributed by atoms with van der Waals surface area (Å²) in [6, 6.07) is 9.35. The van der Waals surface area contributed by atoms with Crippen LogP contribution in [0.3, 0.4) is 0 Å². The van der Waals surface area contributed by atoms with E-state index >= 15 is 0 Å². The van der Waals surface area contributed by atoms with Crippen molar-refractivity contribution < 1.29 is 0 Å². The molecule has 2 unspecified atom stereocenters. The summed E-state index contributed by atoms with van der Waals surface area (Å²) < 4.78 is 0. The SMILES string of the molecule is CCc1ccccc1CN=C1NC2CCCCC2CS1. The summed E-state index contributed by atoms with van der Waals surface area (Å²) in [6.07, 6.45) is 6.61. The molecule has 1 aromatic rings. The number of hydrogen-bond donors (Lipinski definition) is 1. The van der Waals surface area contributed by atoms with Gasteiger partial charge in [0.2, 0.25) is 0 Å². The van der Waals surface area contributed by atoms with Gasteiger partial charge in [-0.25, -0.2) is 0 Å². The van der Waals surface area contributed by atoms with Crippen molar-refractivity contribution in [2.45, 2.75) is 51.6 Å². The van der Waals surface area contributed by atoms with Gasteiger partial charge in [0.15, 0.2) is 5.17 Å². The molecule has 2 atom stereocenters. The molecule has 1 N–H and O–H groups in total. The average Bonchev–Trinajstić information content (AvgIpc) is 2.53. The predicted molar refractivity (Wildman–Crippen MR) is 88.3 cm³/mol. The zero-order valence-electron chi connectivity index (χ0n) is 12.3. The minimum Gasteiger partial charge on any atom is -0.362 e. The Morgan fingerprint density at radius 3 is 2.85 bits per heavy atom. The fourth-order valence-corrected chi connectivity index (χ4v) is 4.45. The summed E-state index contributed by atoms with van der Waals surface area (Å²) in [4.78, 5) is 4.82. The number of aryl methyl sites for hydroxylation is 1. The predicted octanol–water partition coefficient (Wildman–Crippen LogP) is 4.00. The van der Waals surface area contributed by atoms with Crippen molar-refractivity contribution in [2.75, 3.05) is 5.75 Å². The Kier molecular flexibility index (Phi) is 4.66. The molecule has 2 aliphatic rings. The van der Waals surface area contributed by atoms with Crippen molar-refractivity contribution in [3.05, 3.63) is 35.4 Å². The third-order valence-electron chi connectivity index (χ3n) is 4.54. The Morgan fingerprint density at radius 1 is 1.20 bits per heavy atom. The topological polar surface area (TPSA) is 24.4 Å². The van der Waals surface area contributed by atoms with Crippen LogP contribution in [0.25, 0.3) is 0 Å². The monoisotopic (exact) mass is 288 g/mol. The van der Waals surface area contributed by atoms with Gasteiger partial charge in [-0.2, -0.15) is 0 Å². The van der Waals surface area contributed by atoms with E-state index in [1.807, 2.05) is 11.8 Å². The summed E-state index contributed by atoms with van der Waals surface area (Å²) in [5, 5.41) is 4.84. The molecule has 1 aliphatic heterocycles. The largest absolute Gasteiger partial charge is 0.362 e. The Morgan fingerprint density at radius 2 is 2.00 bits per heavy atom.